The summed E-state index contributed by atoms with van der Waals surface area (Å²) in [5, 5.41) is 7.55. The first-order chi connectivity index (χ1) is 15.6. The molecule has 0 radical (unpaired) electrons. The molecule has 6 nitrogen and oxygen atoms in total. The van der Waals surface area contributed by atoms with Crippen molar-refractivity contribution in [1.29, 1.82) is 0 Å². The number of aryl methyl sites for hydroxylation is 3. The summed E-state index contributed by atoms with van der Waals surface area (Å²) in [5.74, 6) is 0.998. The highest BCUT2D eigenvalue weighted by Gasteiger charge is 2.18. The van der Waals surface area contributed by atoms with Gasteiger partial charge in [0, 0.05) is 30.4 Å². The monoisotopic (exact) mass is 425 g/mol. The summed E-state index contributed by atoms with van der Waals surface area (Å²) in [6.07, 6.45) is 7.91. The molecule has 4 aromatic rings. The van der Waals surface area contributed by atoms with E-state index in [1.54, 1.807) is 6.20 Å². The molecule has 1 aliphatic heterocycles. The fraction of sp³-hybridized carbons (Fsp3) is 0.269. The smallest absolute Gasteiger partial charge is 0.259 e. The highest BCUT2D eigenvalue weighted by atomic mass is 16.1. The van der Waals surface area contributed by atoms with Crippen LogP contribution in [0.25, 0.3) is 16.9 Å². The lowest BCUT2D eigenvalue weighted by Crippen LogP contribution is -2.14. The van der Waals surface area contributed by atoms with E-state index in [1.807, 2.05) is 48.0 Å². The molecular weight excluding hydrogens is 398 g/mol. The number of nitrogens with zero attached hydrogens (tertiary/aromatic N) is 4. The van der Waals surface area contributed by atoms with E-state index in [4.69, 9.17) is 4.98 Å². The van der Waals surface area contributed by atoms with Crippen LogP contribution in [0.3, 0.4) is 0 Å². The number of amides is 1. The Morgan fingerprint density at radius 1 is 1.12 bits per heavy atom. The van der Waals surface area contributed by atoms with Gasteiger partial charge < -0.3 is 9.88 Å². The minimum atomic E-state index is -0.151. The number of hydrogen-bond donors (Lipinski definition) is 1. The maximum atomic E-state index is 13.1. The predicted octanol–water partition coefficient (Wildman–Crippen LogP) is 5.20. The van der Waals surface area contributed by atoms with Crippen molar-refractivity contribution in [3.63, 3.8) is 0 Å². The van der Waals surface area contributed by atoms with Gasteiger partial charge in [0.15, 0.2) is 0 Å². The van der Waals surface area contributed by atoms with Gasteiger partial charge in [0.05, 0.1) is 28.8 Å². The molecule has 5 rings (SSSR count). The summed E-state index contributed by atoms with van der Waals surface area (Å²) >= 11 is 0. The van der Waals surface area contributed by atoms with E-state index < -0.39 is 0 Å². The zero-order valence-corrected chi connectivity index (χ0v) is 18.5. The van der Waals surface area contributed by atoms with Crippen molar-refractivity contribution in [1.82, 2.24) is 19.3 Å². The normalized spacial score (nSPS) is 13.1. The molecule has 0 aliphatic carbocycles. The van der Waals surface area contributed by atoms with Gasteiger partial charge >= 0.3 is 0 Å². The number of carbonyl (C=O) groups is 1. The maximum Gasteiger partial charge on any atom is 0.259 e. The zero-order valence-electron chi connectivity index (χ0n) is 18.5. The summed E-state index contributed by atoms with van der Waals surface area (Å²) in [5.41, 5.74) is 6.35. The van der Waals surface area contributed by atoms with Gasteiger partial charge in [0.2, 0.25) is 0 Å². The highest BCUT2D eigenvalue weighted by Crippen LogP contribution is 2.25. The number of anilines is 1. The summed E-state index contributed by atoms with van der Waals surface area (Å²) < 4.78 is 4.09. The van der Waals surface area contributed by atoms with Gasteiger partial charge in [-0.05, 0) is 50.5 Å². The number of fused-ring (bicyclic) bond motifs is 1. The predicted molar refractivity (Wildman–Crippen MR) is 126 cm³/mol. The first-order valence-electron chi connectivity index (χ1n) is 11.2. The minimum Gasteiger partial charge on any atom is -0.334 e. The van der Waals surface area contributed by atoms with Gasteiger partial charge in [-0.2, -0.15) is 5.10 Å². The molecule has 6 heteroatoms. The quantitative estimate of drug-likeness (QED) is 0.478. The van der Waals surface area contributed by atoms with E-state index in [1.165, 1.54) is 18.4 Å². The first-order valence-corrected chi connectivity index (χ1v) is 11.2. The molecule has 32 heavy (non-hydrogen) atoms. The number of rotatable bonds is 5. The number of nitrogens with one attached hydrogen (secondary N) is 1. The van der Waals surface area contributed by atoms with Crippen LogP contribution in [0, 0.1) is 6.92 Å². The van der Waals surface area contributed by atoms with Crippen LogP contribution in [0.1, 0.15) is 47.2 Å². The van der Waals surface area contributed by atoms with Gasteiger partial charge in [-0.3, -0.25) is 4.79 Å². The lowest BCUT2D eigenvalue weighted by Gasteiger charge is -2.11. The Morgan fingerprint density at radius 3 is 2.75 bits per heavy atom. The molecule has 2 aromatic heterocycles. The number of benzene rings is 2. The lowest BCUT2D eigenvalue weighted by atomic mass is 10.1. The Kier molecular flexibility index (Phi) is 5.35. The number of aromatic nitrogens is 4. The molecule has 0 unspecified atom stereocenters. The van der Waals surface area contributed by atoms with E-state index in [-0.39, 0.29) is 5.91 Å². The van der Waals surface area contributed by atoms with Crippen molar-refractivity contribution < 1.29 is 4.79 Å². The van der Waals surface area contributed by atoms with Crippen molar-refractivity contribution >= 4 is 11.6 Å². The topological polar surface area (TPSA) is 64.7 Å². The molecule has 0 atom stereocenters. The van der Waals surface area contributed by atoms with Crippen LogP contribution in [-0.4, -0.2) is 25.2 Å². The minimum absolute atomic E-state index is 0.151. The molecule has 1 N–H and O–H groups in total. The molecule has 1 amide bonds. The third kappa shape index (κ3) is 3.84. The highest BCUT2D eigenvalue weighted by molar-refractivity contribution is 6.05. The Hall–Kier alpha value is -3.67. The summed E-state index contributed by atoms with van der Waals surface area (Å²) in [6.45, 7) is 5.13. The van der Waals surface area contributed by atoms with Crippen molar-refractivity contribution in [2.24, 2.45) is 0 Å². The van der Waals surface area contributed by atoms with E-state index in [2.05, 4.69) is 40.2 Å². The molecule has 0 saturated heterocycles. The SMILES string of the molecule is CCc1c(C(=O)Nc2cccc(-c3cn4c(n3)CCCC4)c2)cnn1-c1ccc(C)cc1. The molecular formula is C26H27N5O. The largest absolute Gasteiger partial charge is 0.334 e. The average Bonchev–Trinajstić information content (AvgIpc) is 3.44. The fourth-order valence-corrected chi connectivity index (χ4v) is 4.32. The lowest BCUT2D eigenvalue weighted by molar-refractivity contribution is 0.102. The van der Waals surface area contributed by atoms with E-state index in [9.17, 15) is 4.79 Å². The van der Waals surface area contributed by atoms with E-state index in [0.717, 1.165) is 47.1 Å². The third-order valence-corrected chi connectivity index (χ3v) is 6.05. The Bertz CT molecular complexity index is 1240. The second-order valence-electron chi connectivity index (χ2n) is 8.33. The van der Waals surface area contributed by atoms with Gasteiger partial charge in [-0.1, -0.05) is 36.8 Å². The Balaban J connectivity index is 1.39. The van der Waals surface area contributed by atoms with Crippen LogP contribution in [0.2, 0.25) is 0 Å². The average molecular weight is 426 g/mol. The first kappa shape index (κ1) is 20.2. The second-order valence-corrected chi connectivity index (χ2v) is 8.33. The molecule has 0 bridgehead atoms. The van der Waals surface area contributed by atoms with Crippen LogP contribution >= 0.6 is 0 Å². The van der Waals surface area contributed by atoms with E-state index in [0.29, 0.717) is 12.0 Å². The van der Waals surface area contributed by atoms with Crippen LogP contribution in [-0.2, 0) is 19.4 Å². The van der Waals surface area contributed by atoms with Crippen LogP contribution < -0.4 is 5.32 Å². The Morgan fingerprint density at radius 2 is 1.97 bits per heavy atom. The molecule has 0 fully saturated rings. The zero-order chi connectivity index (χ0) is 22.1. The number of hydrogen-bond acceptors (Lipinski definition) is 3. The molecule has 2 aromatic carbocycles. The van der Waals surface area contributed by atoms with Crippen LogP contribution in [0.15, 0.2) is 60.9 Å². The summed E-state index contributed by atoms with van der Waals surface area (Å²) in [7, 11) is 0. The number of imidazole rings is 1. The van der Waals surface area contributed by atoms with E-state index >= 15 is 0 Å². The van der Waals surface area contributed by atoms with Crippen LogP contribution in [0.4, 0.5) is 5.69 Å². The molecule has 0 saturated carbocycles. The molecule has 1 aliphatic rings. The second kappa shape index (κ2) is 8.46. The molecule has 3 heterocycles. The summed E-state index contributed by atoms with van der Waals surface area (Å²) in [4.78, 5) is 17.9. The van der Waals surface area contributed by atoms with Crippen molar-refractivity contribution in [3.8, 4) is 16.9 Å². The van der Waals surface area contributed by atoms with Gasteiger partial charge in [0.25, 0.3) is 5.91 Å². The van der Waals surface area contributed by atoms with Crippen molar-refractivity contribution in [3.05, 3.63) is 83.6 Å². The van der Waals surface area contributed by atoms with Crippen molar-refractivity contribution in [2.75, 3.05) is 5.32 Å². The Labute approximate surface area is 187 Å². The standard InChI is InChI=1S/C26H27N5O/c1-3-24-22(16-27-31(24)21-12-10-18(2)11-13-21)26(32)28-20-8-6-7-19(15-20)23-17-30-14-5-4-9-25(30)29-23/h6-8,10-13,15-17H,3-5,9,14H2,1-2H3,(H,28,32). The van der Waals surface area contributed by atoms with Gasteiger partial charge in [-0.15, -0.1) is 0 Å². The molecule has 162 valence electrons. The van der Waals surface area contributed by atoms with Crippen LogP contribution in [0.5, 0.6) is 0 Å². The third-order valence-electron chi connectivity index (χ3n) is 6.05. The maximum absolute atomic E-state index is 13.1. The van der Waals surface area contributed by atoms with Gasteiger partial charge in [0.1, 0.15) is 5.82 Å². The van der Waals surface area contributed by atoms with Gasteiger partial charge in [-0.25, -0.2) is 9.67 Å². The molecule has 0 spiro atoms. The summed E-state index contributed by atoms with van der Waals surface area (Å²) in [6, 6.07) is 16.0. The number of carbonyl (C=O) groups excluding carboxylic acids is 1. The van der Waals surface area contributed by atoms with Crippen molar-refractivity contribution in [2.45, 2.75) is 46.1 Å². The fourth-order valence-electron chi connectivity index (χ4n) is 4.32.